The summed E-state index contributed by atoms with van der Waals surface area (Å²) in [5.41, 5.74) is 12.4. The molecule has 0 saturated heterocycles. The van der Waals surface area contributed by atoms with Crippen LogP contribution in [-0.4, -0.2) is 4.57 Å². The van der Waals surface area contributed by atoms with Crippen LogP contribution < -0.4 is 4.90 Å². The van der Waals surface area contributed by atoms with Crippen molar-refractivity contribution in [1.29, 1.82) is 0 Å². The Balaban J connectivity index is 1.06. The van der Waals surface area contributed by atoms with Crippen molar-refractivity contribution in [2.45, 2.75) is 0 Å². The molecule has 3 aromatic heterocycles. The van der Waals surface area contributed by atoms with Gasteiger partial charge in [-0.25, -0.2) is 0 Å². The second-order valence-electron chi connectivity index (χ2n) is 14.5. The molecule has 4 heteroatoms. The van der Waals surface area contributed by atoms with Crippen molar-refractivity contribution in [1.82, 2.24) is 4.57 Å². The van der Waals surface area contributed by atoms with Gasteiger partial charge in [-0.3, -0.25) is 0 Å². The molecule has 0 saturated carbocycles. The third kappa shape index (κ3) is 4.53. The number of rotatable bonds is 5. The smallest absolute Gasteiger partial charge is 0.143 e. The summed E-state index contributed by atoms with van der Waals surface area (Å²) in [6.45, 7) is 0. The van der Waals surface area contributed by atoms with Gasteiger partial charge in [-0.1, -0.05) is 121 Å². The normalized spacial score (nSPS) is 11.9. The van der Waals surface area contributed by atoms with Gasteiger partial charge in [0.2, 0.25) is 0 Å². The SMILES string of the molecule is c1ccc(-n2c3ccccc3c3ccccc32)c(-c2ccc(N(c3ccc4c(c3)oc3ccccc34)c3cccc4oc5c6ccccc6ccc5c34)cc2)c1. The van der Waals surface area contributed by atoms with E-state index in [2.05, 4.69) is 191 Å². The van der Waals surface area contributed by atoms with Crippen LogP contribution in [0.1, 0.15) is 0 Å². The van der Waals surface area contributed by atoms with Crippen molar-refractivity contribution in [3.8, 4) is 16.8 Å². The van der Waals surface area contributed by atoms with Gasteiger partial charge in [0, 0.05) is 55.3 Å². The molecule has 12 rings (SSSR count). The quantitative estimate of drug-likeness (QED) is 0.178. The first-order chi connectivity index (χ1) is 27.8. The third-order valence-electron chi connectivity index (χ3n) is 11.4. The van der Waals surface area contributed by atoms with Crippen molar-refractivity contribution >= 4 is 93.5 Å². The van der Waals surface area contributed by atoms with Crippen molar-refractivity contribution in [3.05, 3.63) is 194 Å². The summed E-state index contributed by atoms with van der Waals surface area (Å²) < 4.78 is 15.5. The van der Waals surface area contributed by atoms with Gasteiger partial charge in [-0.2, -0.15) is 0 Å². The van der Waals surface area contributed by atoms with Crippen LogP contribution in [-0.2, 0) is 0 Å². The van der Waals surface area contributed by atoms with Crippen molar-refractivity contribution in [2.24, 2.45) is 0 Å². The number of aromatic nitrogens is 1. The van der Waals surface area contributed by atoms with Gasteiger partial charge < -0.3 is 18.3 Å². The molecule has 0 aliphatic heterocycles. The minimum absolute atomic E-state index is 0.848. The lowest BCUT2D eigenvalue weighted by atomic mass is 10.0. The second-order valence-corrected chi connectivity index (χ2v) is 14.5. The molecule has 12 aromatic rings. The highest BCUT2D eigenvalue weighted by atomic mass is 16.3. The molecule has 262 valence electrons. The van der Waals surface area contributed by atoms with E-state index in [4.69, 9.17) is 8.83 Å². The molecule has 0 unspecified atom stereocenters. The topological polar surface area (TPSA) is 34.5 Å². The number of fused-ring (bicyclic) bond motifs is 11. The van der Waals surface area contributed by atoms with Crippen LogP contribution in [0.4, 0.5) is 17.1 Å². The molecule has 0 N–H and O–H groups in total. The van der Waals surface area contributed by atoms with E-state index in [-0.39, 0.29) is 0 Å². The van der Waals surface area contributed by atoms with Gasteiger partial charge in [0.05, 0.1) is 27.8 Å². The van der Waals surface area contributed by atoms with E-state index >= 15 is 0 Å². The Morgan fingerprint density at radius 3 is 1.84 bits per heavy atom. The van der Waals surface area contributed by atoms with Gasteiger partial charge in [0.25, 0.3) is 0 Å². The van der Waals surface area contributed by atoms with Crippen LogP contribution >= 0.6 is 0 Å². The number of anilines is 3. The van der Waals surface area contributed by atoms with Gasteiger partial charge in [-0.15, -0.1) is 0 Å². The predicted octanol–water partition coefficient (Wildman–Crippen LogP) is 14.9. The Kier molecular flexibility index (Phi) is 6.60. The van der Waals surface area contributed by atoms with E-state index in [0.717, 1.165) is 88.5 Å². The predicted molar refractivity (Wildman–Crippen MR) is 233 cm³/mol. The maximum Gasteiger partial charge on any atom is 0.143 e. The summed E-state index contributed by atoms with van der Waals surface area (Å²) in [6.07, 6.45) is 0. The number of nitrogens with zero attached hydrogens (tertiary/aromatic N) is 2. The average Bonchev–Trinajstić information content (AvgIpc) is 3.94. The van der Waals surface area contributed by atoms with Gasteiger partial charge in [0.15, 0.2) is 0 Å². The lowest BCUT2D eigenvalue weighted by Crippen LogP contribution is -2.10. The fourth-order valence-corrected chi connectivity index (χ4v) is 8.89. The zero-order valence-electron chi connectivity index (χ0n) is 30.2. The summed E-state index contributed by atoms with van der Waals surface area (Å²) in [6, 6.07) is 69.0. The standard InChI is InChI=1S/C52H32N2O2/c1-2-14-38-33(12-1)26-30-43-51-47(21-11-23-49(51)56-52(38)43)53(36-29-31-42-41-17-6-10-22-48(41)55-50(42)32-36)35-27-24-34(25-28-35)37-13-3-7-18-44(37)54-45-19-8-4-15-39(45)40-16-5-9-20-46(40)54/h1-32H. The highest BCUT2D eigenvalue weighted by Gasteiger charge is 2.22. The maximum absolute atomic E-state index is 6.68. The van der Waals surface area contributed by atoms with Crippen LogP contribution in [0.2, 0.25) is 0 Å². The first-order valence-electron chi connectivity index (χ1n) is 19.0. The molecule has 0 aliphatic carbocycles. The summed E-state index contributed by atoms with van der Waals surface area (Å²) in [5, 5.41) is 9.12. The molecule has 0 fully saturated rings. The number of hydrogen-bond acceptors (Lipinski definition) is 3. The van der Waals surface area contributed by atoms with E-state index in [1.807, 2.05) is 12.1 Å². The molecule has 0 bridgehead atoms. The van der Waals surface area contributed by atoms with Crippen molar-refractivity contribution < 1.29 is 8.83 Å². The summed E-state index contributed by atoms with van der Waals surface area (Å²) in [4.78, 5) is 2.34. The Hall–Kier alpha value is -7.56. The number of furan rings is 2. The molecule has 0 radical (unpaired) electrons. The molecule has 56 heavy (non-hydrogen) atoms. The van der Waals surface area contributed by atoms with E-state index < -0.39 is 0 Å². The minimum Gasteiger partial charge on any atom is -0.456 e. The van der Waals surface area contributed by atoms with Crippen LogP contribution in [0.15, 0.2) is 203 Å². The Bertz CT molecular complexity index is 3440. The van der Waals surface area contributed by atoms with Crippen LogP contribution in [0.5, 0.6) is 0 Å². The number of para-hydroxylation sites is 4. The monoisotopic (exact) mass is 716 g/mol. The van der Waals surface area contributed by atoms with Gasteiger partial charge in [-0.05, 0) is 77.7 Å². The van der Waals surface area contributed by atoms with Gasteiger partial charge in [0.1, 0.15) is 22.3 Å². The lowest BCUT2D eigenvalue weighted by molar-refractivity contribution is 0.669. The summed E-state index contributed by atoms with van der Waals surface area (Å²) in [7, 11) is 0. The van der Waals surface area contributed by atoms with E-state index in [1.165, 1.54) is 21.8 Å². The molecule has 3 heterocycles. The number of benzene rings is 9. The Morgan fingerprint density at radius 1 is 0.393 bits per heavy atom. The molecular formula is C52H32N2O2. The highest BCUT2D eigenvalue weighted by molar-refractivity contribution is 6.20. The molecule has 0 aliphatic rings. The van der Waals surface area contributed by atoms with E-state index in [1.54, 1.807) is 0 Å². The van der Waals surface area contributed by atoms with Crippen molar-refractivity contribution in [3.63, 3.8) is 0 Å². The lowest BCUT2D eigenvalue weighted by Gasteiger charge is -2.26. The summed E-state index contributed by atoms with van der Waals surface area (Å²) >= 11 is 0. The summed E-state index contributed by atoms with van der Waals surface area (Å²) in [5.74, 6) is 0. The fourth-order valence-electron chi connectivity index (χ4n) is 8.89. The van der Waals surface area contributed by atoms with Crippen molar-refractivity contribution in [2.75, 3.05) is 4.90 Å². The first kappa shape index (κ1) is 30.9. The van der Waals surface area contributed by atoms with Crippen LogP contribution in [0.25, 0.3) is 93.3 Å². The third-order valence-corrected chi connectivity index (χ3v) is 11.4. The molecule has 4 nitrogen and oxygen atoms in total. The molecule has 0 amide bonds. The van der Waals surface area contributed by atoms with E-state index in [9.17, 15) is 0 Å². The van der Waals surface area contributed by atoms with Crippen LogP contribution in [0, 0.1) is 0 Å². The average molecular weight is 717 g/mol. The van der Waals surface area contributed by atoms with Gasteiger partial charge >= 0.3 is 0 Å². The van der Waals surface area contributed by atoms with E-state index in [0.29, 0.717) is 0 Å². The second kappa shape index (κ2) is 12.0. The molecular weight excluding hydrogens is 685 g/mol. The zero-order chi connectivity index (χ0) is 36.7. The van der Waals surface area contributed by atoms with Crippen LogP contribution in [0.3, 0.4) is 0 Å². The first-order valence-corrected chi connectivity index (χ1v) is 19.0. The maximum atomic E-state index is 6.68. The number of hydrogen-bond donors (Lipinski definition) is 0. The molecule has 9 aromatic carbocycles. The minimum atomic E-state index is 0.848. The largest absolute Gasteiger partial charge is 0.456 e. The highest BCUT2D eigenvalue weighted by Crippen LogP contribution is 2.46. The Labute approximate surface area is 321 Å². The molecule has 0 atom stereocenters. The molecule has 0 spiro atoms. The zero-order valence-corrected chi connectivity index (χ0v) is 30.2. The fraction of sp³-hybridized carbons (Fsp3) is 0. The Morgan fingerprint density at radius 2 is 1.02 bits per heavy atom.